The van der Waals surface area contributed by atoms with E-state index in [1.165, 1.54) is 29.1 Å². The fourth-order valence-electron chi connectivity index (χ4n) is 2.82. The quantitative estimate of drug-likeness (QED) is 0.593. The highest BCUT2D eigenvalue weighted by Crippen LogP contribution is 2.16. The summed E-state index contributed by atoms with van der Waals surface area (Å²) in [5.41, 5.74) is 0. The van der Waals surface area contributed by atoms with Gasteiger partial charge in [-0.15, -0.1) is 11.3 Å². The Morgan fingerprint density at radius 3 is 3.00 bits per heavy atom. The number of likely N-dealkylation sites (tertiary alicyclic amines) is 1. The van der Waals surface area contributed by atoms with Crippen molar-refractivity contribution in [2.45, 2.75) is 32.4 Å². The van der Waals surface area contributed by atoms with Crippen LogP contribution < -0.4 is 10.6 Å². The van der Waals surface area contributed by atoms with Gasteiger partial charge in [-0.1, -0.05) is 0 Å². The van der Waals surface area contributed by atoms with Crippen molar-refractivity contribution in [3.05, 3.63) is 21.9 Å². The van der Waals surface area contributed by atoms with Gasteiger partial charge < -0.3 is 15.4 Å². The Morgan fingerprint density at radius 1 is 1.45 bits per heavy atom. The van der Waals surface area contributed by atoms with E-state index in [0.29, 0.717) is 6.04 Å². The molecule has 1 aromatic heterocycles. The first kappa shape index (κ1) is 17.2. The van der Waals surface area contributed by atoms with E-state index >= 15 is 0 Å². The number of hydrogen-bond donors (Lipinski definition) is 2. The number of hydrogen-bond acceptors (Lipinski definition) is 4. The number of ether oxygens (including phenoxy) is 1. The SMILES string of the molecule is CN=C(NCc1ccc(C)s1)NCC1CCCN1CCOC. The molecule has 1 unspecified atom stereocenters. The molecule has 1 aliphatic rings. The van der Waals surface area contributed by atoms with E-state index in [0.717, 1.165) is 32.2 Å². The first-order valence-corrected chi connectivity index (χ1v) is 8.77. The number of methoxy groups -OCH3 is 1. The number of aryl methyl sites for hydroxylation is 1. The fraction of sp³-hybridized carbons (Fsp3) is 0.688. The van der Waals surface area contributed by atoms with Gasteiger partial charge in [-0.05, 0) is 38.4 Å². The molecule has 2 heterocycles. The highest BCUT2D eigenvalue weighted by Gasteiger charge is 2.23. The van der Waals surface area contributed by atoms with Gasteiger partial charge in [-0.2, -0.15) is 0 Å². The molecular formula is C16H28N4OS. The number of nitrogens with one attached hydrogen (secondary N) is 2. The summed E-state index contributed by atoms with van der Waals surface area (Å²) >= 11 is 1.83. The van der Waals surface area contributed by atoms with E-state index < -0.39 is 0 Å². The van der Waals surface area contributed by atoms with Crippen molar-refractivity contribution in [1.82, 2.24) is 15.5 Å². The molecule has 1 atom stereocenters. The molecule has 5 nitrogen and oxygen atoms in total. The lowest BCUT2D eigenvalue weighted by Gasteiger charge is -2.25. The smallest absolute Gasteiger partial charge is 0.191 e. The van der Waals surface area contributed by atoms with E-state index in [1.807, 2.05) is 18.4 Å². The topological polar surface area (TPSA) is 48.9 Å². The van der Waals surface area contributed by atoms with Crippen LogP contribution in [0.15, 0.2) is 17.1 Å². The predicted octanol–water partition coefficient (Wildman–Crippen LogP) is 1.83. The van der Waals surface area contributed by atoms with Crippen molar-refractivity contribution in [1.29, 1.82) is 0 Å². The van der Waals surface area contributed by atoms with Crippen molar-refractivity contribution < 1.29 is 4.74 Å². The molecule has 0 aliphatic carbocycles. The second-order valence-electron chi connectivity index (χ2n) is 5.64. The molecule has 0 aromatic carbocycles. The number of aliphatic imine (C=N–C) groups is 1. The summed E-state index contributed by atoms with van der Waals surface area (Å²) in [4.78, 5) is 9.50. The molecule has 2 rings (SSSR count). The summed E-state index contributed by atoms with van der Waals surface area (Å²) in [6.45, 7) is 6.90. The predicted molar refractivity (Wildman–Crippen MR) is 93.7 cm³/mol. The van der Waals surface area contributed by atoms with Crippen LogP contribution >= 0.6 is 11.3 Å². The van der Waals surface area contributed by atoms with Crippen LogP contribution in [-0.4, -0.2) is 57.3 Å². The largest absolute Gasteiger partial charge is 0.383 e. The Kier molecular flexibility index (Phi) is 7.15. The summed E-state index contributed by atoms with van der Waals surface area (Å²) in [5, 5.41) is 6.84. The van der Waals surface area contributed by atoms with Crippen molar-refractivity contribution in [2.24, 2.45) is 4.99 Å². The normalized spacial score (nSPS) is 19.6. The van der Waals surface area contributed by atoms with Crippen LogP contribution in [-0.2, 0) is 11.3 Å². The highest BCUT2D eigenvalue weighted by molar-refractivity contribution is 7.11. The molecule has 1 saturated heterocycles. The number of nitrogens with zero attached hydrogens (tertiary/aromatic N) is 2. The molecule has 1 aromatic rings. The molecule has 6 heteroatoms. The lowest BCUT2D eigenvalue weighted by Crippen LogP contribution is -2.45. The van der Waals surface area contributed by atoms with E-state index in [9.17, 15) is 0 Å². The molecule has 1 aliphatic heterocycles. The number of thiophene rings is 1. The van der Waals surface area contributed by atoms with Crippen LogP contribution in [0.25, 0.3) is 0 Å². The lowest BCUT2D eigenvalue weighted by molar-refractivity contribution is 0.141. The maximum atomic E-state index is 5.19. The maximum absolute atomic E-state index is 5.19. The summed E-state index contributed by atoms with van der Waals surface area (Å²) in [6.07, 6.45) is 2.52. The molecule has 22 heavy (non-hydrogen) atoms. The average molecular weight is 324 g/mol. The van der Waals surface area contributed by atoms with Crippen LogP contribution in [0.3, 0.4) is 0 Å². The third-order valence-electron chi connectivity index (χ3n) is 4.04. The van der Waals surface area contributed by atoms with Gasteiger partial charge >= 0.3 is 0 Å². The summed E-state index contributed by atoms with van der Waals surface area (Å²) in [5.74, 6) is 0.879. The Bertz CT molecular complexity index is 474. The van der Waals surface area contributed by atoms with Gasteiger partial charge in [0.05, 0.1) is 13.2 Å². The van der Waals surface area contributed by atoms with Gasteiger partial charge in [-0.3, -0.25) is 9.89 Å². The van der Waals surface area contributed by atoms with Crippen molar-refractivity contribution in [3.8, 4) is 0 Å². The van der Waals surface area contributed by atoms with Gasteiger partial charge in [0.2, 0.25) is 0 Å². The Balaban J connectivity index is 1.73. The molecule has 0 radical (unpaired) electrons. The Morgan fingerprint density at radius 2 is 2.32 bits per heavy atom. The summed E-state index contributed by atoms with van der Waals surface area (Å²) < 4.78 is 5.19. The van der Waals surface area contributed by atoms with Crippen LogP contribution in [0.2, 0.25) is 0 Å². The average Bonchev–Trinajstić information content (AvgIpc) is 3.14. The zero-order valence-corrected chi connectivity index (χ0v) is 14.7. The zero-order chi connectivity index (χ0) is 15.8. The molecule has 0 bridgehead atoms. The fourth-order valence-corrected chi connectivity index (χ4v) is 3.65. The van der Waals surface area contributed by atoms with E-state index in [-0.39, 0.29) is 0 Å². The third-order valence-corrected chi connectivity index (χ3v) is 5.04. The molecule has 124 valence electrons. The van der Waals surface area contributed by atoms with Gasteiger partial charge in [-0.25, -0.2) is 0 Å². The van der Waals surface area contributed by atoms with Crippen molar-refractivity contribution in [3.63, 3.8) is 0 Å². The van der Waals surface area contributed by atoms with Crippen molar-refractivity contribution >= 4 is 17.3 Å². The highest BCUT2D eigenvalue weighted by atomic mass is 32.1. The third kappa shape index (κ3) is 5.26. The molecule has 0 amide bonds. The molecule has 0 saturated carbocycles. The maximum Gasteiger partial charge on any atom is 0.191 e. The second-order valence-corrected chi connectivity index (χ2v) is 7.02. The van der Waals surface area contributed by atoms with Gasteiger partial charge in [0, 0.05) is 43.0 Å². The number of rotatable bonds is 7. The Hall–Kier alpha value is -1.11. The first-order valence-electron chi connectivity index (χ1n) is 7.95. The van der Waals surface area contributed by atoms with Gasteiger partial charge in [0.15, 0.2) is 5.96 Å². The summed E-state index contributed by atoms with van der Waals surface area (Å²) in [7, 11) is 3.59. The minimum atomic E-state index is 0.581. The number of guanidine groups is 1. The molecule has 2 N–H and O–H groups in total. The minimum Gasteiger partial charge on any atom is -0.383 e. The van der Waals surface area contributed by atoms with Gasteiger partial charge in [0.1, 0.15) is 0 Å². The molecule has 1 fully saturated rings. The van der Waals surface area contributed by atoms with Crippen LogP contribution in [0.4, 0.5) is 0 Å². The first-order chi connectivity index (χ1) is 10.7. The molecule has 0 spiro atoms. The van der Waals surface area contributed by atoms with Gasteiger partial charge in [0.25, 0.3) is 0 Å². The van der Waals surface area contributed by atoms with Crippen molar-refractivity contribution in [2.75, 3.05) is 40.4 Å². The monoisotopic (exact) mass is 324 g/mol. The van der Waals surface area contributed by atoms with Crippen LogP contribution in [0, 0.1) is 6.92 Å². The van der Waals surface area contributed by atoms with Crippen LogP contribution in [0.1, 0.15) is 22.6 Å². The lowest BCUT2D eigenvalue weighted by atomic mass is 10.2. The molecular weight excluding hydrogens is 296 g/mol. The Labute approximate surface area is 137 Å². The summed E-state index contributed by atoms with van der Waals surface area (Å²) in [6, 6.07) is 4.91. The minimum absolute atomic E-state index is 0.581. The van der Waals surface area contributed by atoms with E-state index in [4.69, 9.17) is 4.74 Å². The standard InChI is InChI=1S/C16H28N4OS/c1-13-6-7-15(22-13)12-19-16(17-2)18-11-14-5-4-8-20(14)9-10-21-3/h6-7,14H,4-5,8-12H2,1-3H3,(H2,17,18,19). The zero-order valence-electron chi connectivity index (χ0n) is 13.9. The second kappa shape index (κ2) is 9.12. The van der Waals surface area contributed by atoms with E-state index in [2.05, 4.69) is 39.6 Å². The van der Waals surface area contributed by atoms with Crippen LogP contribution in [0.5, 0.6) is 0 Å². The van der Waals surface area contributed by atoms with E-state index in [1.54, 1.807) is 7.11 Å².